The summed E-state index contributed by atoms with van der Waals surface area (Å²) in [6, 6.07) is 5.57. The molecule has 150 valence electrons. The maximum atomic E-state index is 12.9. The van der Waals surface area contributed by atoms with E-state index >= 15 is 0 Å². The van der Waals surface area contributed by atoms with Gasteiger partial charge in [-0.05, 0) is 38.1 Å². The van der Waals surface area contributed by atoms with Gasteiger partial charge in [0.1, 0.15) is 0 Å². The number of nitrogens with zero attached hydrogens (tertiary/aromatic N) is 3. The molecule has 0 aliphatic carbocycles. The number of rotatable bonds is 6. The van der Waals surface area contributed by atoms with Gasteiger partial charge >= 0.3 is 13.8 Å². The van der Waals surface area contributed by atoms with Crippen molar-refractivity contribution >= 4 is 35.4 Å². The third-order valence-corrected chi connectivity index (χ3v) is 6.20. The molecule has 0 aliphatic rings. The Bertz CT molecular complexity index is 1050. The predicted molar refractivity (Wildman–Crippen MR) is 99.4 cm³/mol. The van der Waals surface area contributed by atoms with Crippen LogP contribution in [-0.4, -0.2) is 28.0 Å². The van der Waals surface area contributed by atoms with Gasteiger partial charge in [0.2, 0.25) is 0 Å². The Hall–Kier alpha value is -1.93. The largest absolute Gasteiger partial charge is 0.417 e. The maximum absolute atomic E-state index is 12.9. The fourth-order valence-electron chi connectivity index (χ4n) is 2.63. The second-order valence-electron chi connectivity index (χ2n) is 5.66. The van der Waals surface area contributed by atoms with E-state index in [2.05, 4.69) is 10.1 Å². The van der Waals surface area contributed by atoms with Crippen molar-refractivity contribution in [2.24, 2.45) is 0 Å². The molecule has 0 fully saturated rings. The molecule has 2 heterocycles. The molecule has 0 bridgehead atoms. The van der Waals surface area contributed by atoms with Crippen LogP contribution >= 0.6 is 19.2 Å². The minimum absolute atomic E-state index is 0.0511. The number of halogens is 4. The number of hydrogen-bond acceptors (Lipinski definition) is 5. The van der Waals surface area contributed by atoms with Crippen LogP contribution in [0.3, 0.4) is 0 Å². The van der Waals surface area contributed by atoms with Crippen molar-refractivity contribution in [1.29, 1.82) is 0 Å². The SMILES string of the molecule is CCOP(=O)(OCC)c1ccc2c(cnn2-c2ncc(C(F)(F)F)cc2Cl)c1. The first-order valence-electron chi connectivity index (χ1n) is 8.30. The molecule has 0 atom stereocenters. The summed E-state index contributed by atoms with van der Waals surface area (Å²) in [5.74, 6) is 0.0511. The highest BCUT2D eigenvalue weighted by Crippen LogP contribution is 2.47. The fourth-order valence-corrected chi connectivity index (χ4v) is 4.48. The second kappa shape index (κ2) is 7.83. The van der Waals surface area contributed by atoms with Crippen LogP contribution in [0.2, 0.25) is 5.02 Å². The standard InChI is InChI=1S/C17H16ClF3N3O3P/c1-3-26-28(25,27-4-2)13-5-6-15-11(7-13)9-23-24(15)16-14(18)8-12(10-22-16)17(19,20)21/h5-10H,3-4H2,1-2H3. The molecule has 0 N–H and O–H groups in total. The first-order valence-corrected chi connectivity index (χ1v) is 10.2. The number of fused-ring (bicyclic) bond motifs is 1. The molecule has 2 aromatic heterocycles. The highest BCUT2D eigenvalue weighted by Gasteiger charge is 2.32. The minimum atomic E-state index is -4.55. The molecule has 0 aliphatic heterocycles. The van der Waals surface area contributed by atoms with Gasteiger partial charge in [-0.3, -0.25) is 4.57 Å². The number of alkyl halides is 3. The molecule has 3 rings (SSSR count). The summed E-state index contributed by atoms with van der Waals surface area (Å²) in [5, 5.41) is 4.89. The van der Waals surface area contributed by atoms with Gasteiger partial charge in [0.25, 0.3) is 0 Å². The van der Waals surface area contributed by atoms with Crippen LogP contribution < -0.4 is 5.30 Å². The molecule has 6 nitrogen and oxygen atoms in total. The zero-order valence-electron chi connectivity index (χ0n) is 14.9. The molecular formula is C17H16ClF3N3O3P. The van der Waals surface area contributed by atoms with E-state index in [0.29, 0.717) is 22.4 Å². The lowest BCUT2D eigenvalue weighted by molar-refractivity contribution is -0.137. The lowest BCUT2D eigenvalue weighted by Gasteiger charge is -2.17. The predicted octanol–water partition coefficient (Wildman–Crippen LogP) is 4.98. The smallest absolute Gasteiger partial charge is 0.305 e. The van der Waals surface area contributed by atoms with E-state index in [1.54, 1.807) is 32.0 Å². The average molecular weight is 434 g/mol. The van der Waals surface area contributed by atoms with E-state index in [1.165, 1.54) is 10.9 Å². The van der Waals surface area contributed by atoms with E-state index < -0.39 is 19.3 Å². The molecule has 0 unspecified atom stereocenters. The van der Waals surface area contributed by atoms with E-state index in [4.69, 9.17) is 20.6 Å². The van der Waals surface area contributed by atoms with E-state index in [0.717, 1.165) is 6.07 Å². The summed E-state index contributed by atoms with van der Waals surface area (Å²) in [7, 11) is -3.48. The Morgan fingerprint density at radius 2 is 1.82 bits per heavy atom. The molecule has 0 amide bonds. The first kappa shape index (κ1) is 20.8. The number of pyridine rings is 1. The summed E-state index contributed by atoms with van der Waals surface area (Å²) in [6.07, 6.45) is -2.38. The number of benzene rings is 1. The van der Waals surface area contributed by atoms with Crippen molar-refractivity contribution in [2.75, 3.05) is 13.2 Å². The van der Waals surface area contributed by atoms with Crippen LogP contribution in [0.5, 0.6) is 0 Å². The van der Waals surface area contributed by atoms with Gasteiger partial charge in [0, 0.05) is 11.6 Å². The van der Waals surface area contributed by atoms with Gasteiger partial charge in [-0.25, -0.2) is 9.67 Å². The van der Waals surface area contributed by atoms with Gasteiger partial charge in [-0.15, -0.1) is 0 Å². The van der Waals surface area contributed by atoms with Crippen LogP contribution in [0.1, 0.15) is 19.4 Å². The van der Waals surface area contributed by atoms with Crippen LogP contribution in [-0.2, 0) is 19.8 Å². The molecule has 11 heteroatoms. The highest BCUT2D eigenvalue weighted by molar-refractivity contribution is 7.62. The normalized spacial score (nSPS) is 12.6. The third kappa shape index (κ3) is 3.93. The summed E-state index contributed by atoms with van der Waals surface area (Å²) in [6.45, 7) is 3.83. The molecular weight excluding hydrogens is 418 g/mol. The number of aromatic nitrogens is 3. The van der Waals surface area contributed by atoms with E-state index in [9.17, 15) is 17.7 Å². The van der Waals surface area contributed by atoms with Crippen molar-refractivity contribution in [2.45, 2.75) is 20.0 Å². The van der Waals surface area contributed by atoms with Crippen LogP contribution in [0.25, 0.3) is 16.7 Å². The summed E-state index contributed by atoms with van der Waals surface area (Å²) in [5.41, 5.74) is -0.424. The lowest BCUT2D eigenvalue weighted by Crippen LogP contribution is -2.11. The third-order valence-electron chi connectivity index (χ3n) is 3.82. The van der Waals surface area contributed by atoms with Gasteiger partial charge in [-0.1, -0.05) is 11.6 Å². The lowest BCUT2D eigenvalue weighted by atomic mass is 10.2. The van der Waals surface area contributed by atoms with Crippen molar-refractivity contribution in [3.63, 3.8) is 0 Å². The van der Waals surface area contributed by atoms with Gasteiger partial charge in [0.15, 0.2) is 5.82 Å². The monoisotopic (exact) mass is 433 g/mol. The summed E-state index contributed by atoms with van der Waals surface area (Å²) in [4.78, 5) is 3.81. The van der Waals surface area contributed by atoms with Crippen molar-refractivity contribution in [3.05, 3.63) is 47.2 Å². The van der Waals surface area contributed by atoms with Gasteiger partial charge in [0.05, 0.1) is 40.8 Å². The van der Waals surface area contributed by atoms with E-state index in [-0.39, 0.29) is 24.1 Å². The highest BCUT2D eigenvalue weighted by atomic mass is 35.5. The topological polar surface area (TPSA) is 66.2 Å². The summed E-state index contributed by atoms with van der Waals surface area (Å²) >= 11 is 6.01. The van der Waals surface area contributed by atoms with Crippen LogP contribution in [0.4, 0.5) is 13.2 Å². The Balaban J connectivity index is 2.05. The first-order chi connectivity index (χ1) is 13.2. The molecule has 0 saturated heterocycles. The molecule has 3 aromatic rings. The quantitative estimate of drug-likeness (QED) is 0.513. The Labute approximate surface area is 163 Å². The van der Waals surface area contributed by atoms with Gasteiger partial charge < -0.3 is 9.05 Å². The number of hydrogen-bond donors (Lipinski definition) is 0. The van der Waals surface area contributed by atoms with Crippen LogP contribution in [0.15, 0.2) is 36.7 Å². The van der Waals surface area contributed by atoms with Crippen LogP contribution in [0, 0.1) is 0 Å². The Morgan fingerprint density at radius 1 is 1.14 bits per heavy atom. The summed E-state index contributed by atoms with van der Waals surface area (Å²) < 4.78 is 63.3. The Morgan fingerprint density at radius 3 is 2.39 bits per heavy atom. The van der Waals surface area contributed by atoms with Crippen molar-refractivity contribution in [3.8, 4) is 5.82 Å². The van der Waals surface area contributed by atoms with Gasteiger partial charge in [-0.2, -0.15) is 18.3 Å². The minimum Gasteiger partial charge on any atom is -0.305 e. The van der Waals surface area contributed by atoms with Crippen molar-refractivity contribution in [1.82, 2.24) is 14.8 Å². The average Bonchev–Trinajstić information content (AvgIpc) is 3.04. The maximum Gasteiger partial charge on any atom is 0.417 e. The molecule has 28 heavy (non-hydrogen) atoms. The zero-order chi connectivity index (χ0) is 20.5. The second-order valence-corrected chi connectivity index (χ2v) is 8.09. The zero-order valence-corrected chi connectivity index (χ0v) is 16.6. The Kier molecular flexibility index (Phi) is 5.82. The molecule has 1 aromatic carbocycles. The molecule has 0 radical (unpaired) electrons. The fraction of sp³-hybridized carbons (Fsp3) is 0.294. The van der Waals surface area contributed by atoms with Crippen molar-refractivity contribution < 1.29 is 26.8 Å². The van der Waals surface area contributed by atoms with E-state index in [1.807, 2.05) is 0 Å². The molecule has 0 spiro atoms. The molecule has 0 saturated carbocycles.